The summed E-state index contributed by atoms with van der Waals surface area (Å²) in [6.07, 6.45) is 6.27. The lowest BCUT2D eigenvalue weighted by atomic mass is 9.96. The van der Waals surface area contributed by atoms with Crippen LogP contribution in [0.25, 0.3) is 0 Å². The molecule has 1 aromatic heterocycles. The largest absolute Gasteiger partial charge is 0.339 e. The molecule has 2 heterocycles. The first-order chi connectivity index (χ1) is 11.5. The average Bonchev–Trinajstić information content (AvgIpc) is 3.11. The molecule has 1 saturated heterocycles. The van der Waals surface area contributed by atoms with E-state index in [4.69, 9.17) is 0 Å². The van der Waals surface area contributed by atoms with Crippen molar-refractivity contribution in [2.45, 2.75) is 71.4 Å². The quantitative estimate of drug-likeness (QED) is 0.922. The molecular formula is C18H28N4O2. The molecule has 1 aliphatic carbocycles. The topological polar surface area (TPSA) is 67.2 Å². The van der Waals surface area contributed by atoms with Crippen LogP contribution in [0.15, 0.2) is 6.07 Å². The SMILES string of the molecule is Cc1cc(NC(=O)C2CC(=O)N(C(C)C)C2)n(C2CCCCC2)n1. The van der Waals surface area contributed by atoms with Crippen LogP contribution in [-0.4, -0.2) is 39.1 Å². The van der Waals surface area contributed by atoms with Gasteiger partial charge in [-0.2, -0.15) is 5.10 Å². The Bertz CT molecular complexity index is 617. The van der Waals surface area contributed by atoms with Gasteiger partial charge in [-0.1, -0.05) is 19.3 Å². The second-order valence-electron chi connectivity index (χ2n) is 7.44. The molecule has 6 heteroatoms. The van der Waals surface area contributed by atoms with Crippen molar-refractivity contribution in [3.63, 3.8) is 0 Å². The number of aryl methyl sites for hydroxylation is 1. The molecule has 132 valence electrons. The Morgan fingerprint density at radius 2 is 2.00 bits per heavy atom. The molecule has 2 aliphatic rings. The van der Waals surface area contributed by atoms with Gasteiger partial charge in [0.1, 0.15) is 5.82 Å². The van der Waals surface area contributed by atoms with Crippen molar-refractivity contribution >= 4 is 17.6 Å². The van der Waals surface area contributed by atoms with Gasteiger partial charge in [-0.3, -0.25) is 9.59 Å². The zero-order chi connectivity index (χ0) is 17.3. The third-order valence-electron chi connectivity index (χ3n) is 5.18. The Morgan fingerprint density at radius 3 is 2.62 bits per heavy atom. The molecule has 24 heavy (non-hydrogen) atoms. The number of nitrogens with zero attached hydrogens (tertiary/aromatic N) is 3. The van der Waals surface area contributed by atoms with Crippen molar-refractivity contribution in [1.82, 2.24) is 14.7 Å². The summed E-state index contributed by atoms with van der Waals surface area (Å²) >= 11 is 0. The van der Waals surface area contributed by atoms with Gasteiger partial charge in [0.15, 0.2) is 0 Å². The second-order valence-corrected chi connectivity index (χ2v) is 7.44. The van der Waals surface area contributed by atoms with Gasteiger partial charge < -0.3 is 10.2 Å². The van der Waals surface area contributed by atoms with Gasteiger partial charge in [0.2, 0.25) is 11.8 Å². The van der Waals surface area contributed by atoms with E-state index in [-0.39, 0.29) is 23.8 Å². The van der Waals surface area contributed by atoms with Gasteiger partial charge in [-0.15, -0.1) is 0 Å². The normalized spacial score (nSPS) is 22.4. The minimum Gasteiger partial charge on any atom is -0.339 e. The molecule has 1 unspecified atom stereocenters. The summed E-state index contributed by atoms with van der Waals surface area (Å²) in [5.74, 6) is 0.514. The number of carbonyl (C=O) groups is 2. The Hall–Kier alpha value is -1.85. The summed E-state index contributed by atoms with van der Waals surface area (Å²) in [6.45, 7) is 6.44. The maximum absolute atomic E-state index is 12.6. The van der Waals surface area contributed by atoms with Crippen LogP contribution in [0.4, 0.5) is 5.82 Å². The van der Waals surface area contributed by atoms with E-state index in [2.05, 4.69) is 10.4 Å². The minimum atomic E-state index is -0.269. The van der Waals surface area contributed by atoms with Gasteiger partial charge in [0.05, 0.1) is 17.7 Å². The van der Waals surface area contributed by atoms with Crippen molar-refractivity contribution in [3.05, 3.63) is 11.8 Å². The van der Waals surface area contributed by atoms with Crippen LogP contribution in [0.1, 0.15) is 64.1 Å². The third-order valence-corrected chi connectivity index (χ3v) is 5.18. The molecule has 2 fully saturated rings. The Morgan fingerprint density at radius 1 is 1.29 bits per heavy atom. The minimum absolute atomic E-state index is 0.0662. The van der Waals surface area contributed by atoms with Crippen LogP contribution >= 0.6 is 0 Å². The number of nitrogens with one attached hydrogen (secondary N) is 1. The third kappa shape index (κ3) is 3.47. The molecule has 0 bridgehead atoms. The second kappa shape index (κ2) is 6.95. The van der Waals surface area contributed by atoms with Crippen molar-refractivity contribution in [2.24, 2.45) is 5.92 Å². The van der Waals surface area contributed by atoms with Crippen LogP contribution in [-0.2, 0) is 9.59 Å². The fourth-order valence-corrected chi connectivity index (χ4v) is 3.85. The van der Waals surface area contributed by atoms with E-state index in [0.29, 0.717) is 19.0 Å². The van der Waals surface area contributed by atoms with Crippen molar-refractivity contribution < 1.29 is 9.59 Å². The summed E-state index contributed by atoms with van der Waals surface area (Å²) in [4.78, 5) is 26.5. The predicted molar refractivity (Wildman–Crippen MR) is 92.7 cm³/mol. The molecule has 0 spiro atoms. The lowest BCUT2D eigenvalue weighted by Crippen LogP contribution is -2.33. The number of anilines is 1. The first-order valence-corrected chi connectivity index (χ1v) is 9.12. The van der Waals surface area contributed by atoms with Crippen molar-refractivity contribution in [1.29, 1.82) is 0 Å². The molecule has 2 amide bonds. The van der Waals surface area contributed by atoms with E-state index in [1.165, 1.54) is 19.3 Å². The average molecular weight is 332 g/mol. The first-order valence-electron chi connectivity index (χ1n) is 9.12. The van der Waals surface area contributed by atoms with Crippen LogP contribution in [0.3, 0.4) is 0 Å². The van der Waals surface area contributed by atoms with Crippen molar-refractivity contribution in [3.8, 4) is 0 Å². The van der Waals surface area contributed by atoms with Crippen LogP contribution in [0.2, 0.25) is 0 Å². The molecular weight excluding hydrogens is 304 g/mol. The van der Waals surface area contributed by atoms with Crippen LogP contribution < -0.4 is 5.32 Å². The summed E-state index contributed by atoms with van der Waals surface area (Å²) < 4.78 is 1.99. The van der Waals surface area contributed by atoms with Crippen LogP contribution in [0.5, 0.6) is 0 Å². The number of likely N-dealkylation sites (tertiary alicyclic amines) is 1. The van der Waals surface area contributed by atoms with E-state index in [0.717, 1.165) is 24.4 Å². The fourth-order valence-electron chi connectivity index (χ4n) is 3.85. The molecule has 1 atom stereocenters. The van der Waals surface area contributed by atoms with E-state index >= 15 is 0 Å². The first kappa shape index (κ1) is 17.0. The maximum atomic E-state index is 12.6. The highest BCUT2D eigenvalue weighted by Gasteiger charge is 2.36. The number of rotatable bonds is 4. The van der Waals surface area contributed by atoms with Crippen molar-refractivity contribution in [2.75, 3.05) is 11.9 Å². The summed E-state index contributed by atoms with van der Waals surface area (Å²) in [5, 5.41) is 7.63. The van der Waals surface area contributed by atoms with Crippen LogP contribution in [0, 0.1) is 12.8 Å². The van der Waals surface area contributed by atoms with E-state index in [1.807, 2.05) is 31.5 Å². The maximum Gasteiger partial charge on any atom is 0.230 e. The molecule has 0 radical (unpaired) electrons. The number of hydrogen-bond acceptors (Lipinski definition) is 3. The highest BCUT2D eigenvalue weighted by atomic mass is 16.2. The molecule has 1 aromatic rings. The zero-order valence-corrected chi connectivity index (χ0v) is 14.9. The highest BCUT2D eigenvalue weighted by molar-refractivity contribution is 5.96. The lowest BCUT2D eigenvalue weighted by molar-refractivity contribution is -0.129. The Kier molecular flexibility index (Phi) is 4.92. The Balaban J connectivity index is 1.70. The molecule has 1 aliphatic heterocycles. The number of aromatic nitrogens is 2. The van der Waals surface area contributed by atoms with Gasteiger partial charge in [-0.05, 0) is 33.6 Å². The Labute approximate surface area is 143 Å². The summed E-state index contributed by atoms with van der Waals surface area (Å²) in [5.41, 5.74) is 0.919. The number of amides is 2. The van der Waals surface area contributed by atoms with Gasteiger partial charge in [0.25, 0.3) is 0 Å². The lowest BCUT2D eigenvalue weighted by Gasteiger charge is -2.24. The molecule has 3 rings (SSSR count). The molecule has 0 aromatic carbocycles. The van der Waals surface area contributed by atoms with E-state index in [1.54, 1.807) is 4.90 Å². The summed E-state index contributed by atoms with van der Waals surface area (Å²) in [6, 6.07) is 2.45. The molecule has 6 nitrogen and oxygen atoms in total. The number of carbonyl (C=O) groups excluding carboxylic acids is 2. The predicted octanol–water partition coefficient (Wildman–Crippen LogP) is 2.89. The fraction of sp³-hybridized carbons (Fsp3) is 0.722. The molecule has 1 saturated carbocycles. The zero-order valence-electron chi connectivity index (χ0n) is 14.9. The van der Waals surface area contributed by atoms with Gasteiger partial charge in [0, 0.05) is 25.1 Å². The molecule has 1 N–H and O–H groups in total. The number of hydrogen-bond donors (Lipinski definition) is 1. The monoisotopic (exact) mass is 332 g/mol. The van der Waals surface area contributed by atoms with E-state index in [9.17, 15) is 9.59 Å². The van der Waals surface area contributed by atoms with E-state index < -0.39 is 0 Å². The smallest absolute Gasteiger partial charge is 0.230 e. The van der Waals surface area contributed by atoms with Gasteiger partial charge in [-0.25, -0.2) is 4.68 Å². The standard InChI is InChI=1S/C18H28N4O2/c1-12(2)21-11-14(10-17(21)23)18(24)19-16-9-13(3)20-22(16)15-7-5-4-6-8-15/h9,12,14-15H,4-8,10-11H2,1-3H3,(H,19,24). The summed E-state index contributed by atoms with van der Waals surface area (Å²) in [7, 11) is 0. The van der Waals surface area contributed by atoms with Gasteiger partial charge >= 0.3 is 0 Å². The highest BCUT2D eigenvalue weighted by Crippen LogP contribution is 2.31.